The van der Waals surface area contributed by atoms with Crippen molar-refractivity contribution in [3.63, 3.8) is 0 Å². The summed E-state index contributed by atoms with van der Waals surface area (Å²) >= 11 is 0. The lowest BCUT2D eigenvalue weighted by atomic mass is 10.2. The molecule has 0 atom stereocenters. The van der Waals surface area contributed by atoms with Gasteiger partial charge in [0.2, 0.25) is 0 Å². The summed E-state index contributed by atoms with van der Waals surface area (Å²) in [5, 5.41) is 8.32. The predicted molar refractivity (Wildman–Crippen MR) is 104 cm³/mol. The van der Waals surface area contributed by atoms with E-state index in [-0.39, 0.29) is 18.0 Å². The molecule has 2 aromatic carbocycles. The maximum absolute atomic E-state index is 12.5. The fourth-order valence-electron chi connectivity index (χ4n) is 2.24. The highest BCUT2D eigenvalue weighted by Crippen LogP contribution is 2.24. The third-order valence-corrected chi connectivity index (χ3v) is 3.42. The number of hydrogen-bond donors (Lipinski definition) is 3. The number of ether oxygens (including phenoxy) is 1. The van der Waals surface area contributed by atoms with Crippen molar-refractivity contribution in [2.75, 3.05) is 17.2 Å². The molecule has 0 heterocycles. The fraction of sp³-hybridized carbons (Fsp3) is 0.300. The molecule has 2 rings (SSSR count). The molecular weight excluding hydrogens is 330 g/mol. The number of hydrogen-bond acceptors (Lipinski definition) is 3. The molecule has 0 aliphatic carbocycles. The number of benzene rings is 2. The van der Waals surface area contributed by atoms with E-state index >= 15 is 0 Å². The van der Waals surface area contributed by atoms with E-state index in [0.29, 0.717) is 29.3 Å². The molecule has 2 aromatic rings. The van der Waals surface area contributed by atoms with E-state index in [4.69, 9.17) is 4.74 Å². The zero-order valence-corrected chi connectivity index (χ0v) is 15.3. The molecule has 0 aliphatic heterocycles. The van der Waals surface area contributed by atoms with Gasteiger partial charge in [0.25, 0.3) is 5.91 Å². The Kier molecular flexibility index (Phi) is 7.02. The summed E-state index contributed by atoms with van der Waals surface area (Å²) in [5.41, 5.74) is 1.74. The molecule has 6 heteroatoms. The zero-order valence-electron chi connectivity index (χ0n) is 15.3. The SMILES string of the molecule is CCCOc1ccccc1NC(=O)c1ccc(NC(=O)NC(C)C)cc1. The highest BCUT2D eigenvalue weighted by Gasteiger charge is 2.10. The van der Waals surface area contributed by atoms with E-state index in [1.54, 1.807) is 30.3 Å². The number of rotatable bonds is 7. The van der Waals surface area contributed by atoms with Crippen LogP contribution in [0.4, 0.5) is 16.2 Å². The van der Waals surface area contributed by atoms with Crippen molar-refractivity contribution in [3.8, 4) is 5.75 Å². The number of para-hydroxylation sites is 2. The minimum Gasteiger partial charge on any atom is -0.491 e. The first-order chi connectivity index (χ1) is 12.5. The van der Waals surface area contributed by atoms with Gasteiger partial charge in [-0.3, -0.25) is 4.79 Å². The van der Waals surface area contributed by atoms with Crippen molar-refractivity contribution in [1.29, 1.82) is 0 Å². The van der Waals surface area contributed by atoms with E-state index in [9.17, 15) is 9.59 Å². The molecule has 0 saturated carbocycles. The molecule has 0 unspecified atom stereocenters. The number of anilines is 2. The molecule has 3 N–H and O–H groups in total. The van der Waals surface area contributed by atoms with Crippen molar-refractivity contribution < 1.29 is 14.3 Å². The van der Waals surface area contributed by atoms with Crippen LogP contribution >= 0.6 is 0 Å². The van der Waals surface area contributed by atoms with Crippen LogP contribution in [0.2, 0.25) is 0 Å². The smallest absolute Gasteiger partial charge is 0.319 e. The van der Waals surface area contributed by atoms with Crippen LogP contribution in [0.25, 0.3) is 0 Å². The Morgan fingerprint density at radius 3 is 2.35 bits per heavy atom. The minimum atomic E-state index is -0.279. The summed E-state index contributed by atoms with van der Waals surface area (Å²) in [4.78, 5) is 24.1. The summed E-state index contributed by atoms with van der Waals surface area (Å²) < 4.78 is 5.65. The van der Waals surface area contributed by atoms with E-state index in [1.165, 1.54) is 0 Å². The topological polar surface area (TPSA) is 79.5 Å². The Bertz CT molecular complexity index is 742. The van der Waals surface area contributed by atoms with Crippen molar-refractivity contribution in [2.24, 2.45) is 0 Å². The normalized spacial score (nSPS) is 10.3. The molecule has 0 saturated heterocycles. The Balaban J connectivity index is 2.01. The van der Waals surface area contributed by atoms with Gasteiger partial charge < -0.3 is 20.7 Å². The summed E-state index contributed by atoms with van der Waals surface area (Å²) in [7, 11) is 0. The average molecular weight is 355 g/mol. The van der Waals surface area contributed by atoms with Crippen LogP contribution in [0.1, 0.15) is 37.6 Å². The standard InChI is InChI=1S/C20H25N3O3/c1-4-13-26-18-8-6-5-7-17(18)23-19(24)15-9-11-16(12-10-15)22-20(25)21-14(2)3/h5-12,14H,4,13H2,1-3H3,(H,23,24)(H2,21,22,25). The Morgan fingerprint density at radius 1 is 1.00 bits per heavy atom. The van der Waals surface area contributed by atoms with Crippen LogP contribution in [0, 0.1) is 0 Å². The van der Waals surface area contributed by atoms with Crippen molar-refractivity contribution in [1.82, 2.24) is 5.32 Å². The second-order valence-electron chi connectivity index (χ2n) is 6.13. The van der Waals surface area contributed by atoms with Gasteiger partial charge >= 0.3 is 6.03 Å². The molecule has 3 amide bonds. The van der Waals surface area contributed by atoms with Crippen LogP contribution in [0.5, 0.6) is 5.75 Å². The molecular formula is C20H25N3O3. The quantitative estimate of drug-likeness (QED) is 0.694. The first-order valence-corrected chi connectivity index (χ1v) is 8.70. The van der Waals surface area contributed by atoms with Gasteiger partial charge in [0, 0.05) is 17.3 Å². The van der Waals surface area contributed by atoms with E-state index in [1.807, 2.05) is 39.0 Å². The first kappa shape index (κ1) is 19.3. The molecule has 6 nitrogen and oxygen atoms in total. The highest BCUT2D eigenvalue weighted by molar-refractivity contribution is 6.05. The van der Waals surface area contributed by atoms with E-state index in [0.717, 1.165) is 6.42 Å². The third-order valence-electron chi connectivity index (χ3n) is 3.42. The minimum absolute atomic E-state index is 0.0510. The average Bonchev–Trinajstić information content (AvgIpc) is 2.60. The van der Waals surface area contributed by atoms with Gasteiger partial charge in [0.15, 0.2) is 0 Å². The monoisotopic (exact) mass is 355 g/mol. The summed E-state index contributed by atoms with van der Waals surface area (Å²) in [6.07, 6.45) is 0.890. The lowest BCUT2D eigenvalue weighted by molar-refractivity contribution is 0.102. The molecule has 0 spiro atoms. The third kappa shape index (κ3) is 5.81. The summed E-state index contributed by atoms with van der Waals surface area (Å²) in [5.74, 6) is 0.405. The number of urea groups is 1. The fourth-order valence-corrected chi connectivity index (χ4v) is 2.24. The van der Waals surface area contributed by atoms with Crippen LogP contribution < -0.4 is 20.7 Å². The van der Waals surface area contributed by atoms with Crippen LogP contribution in [-0.4, -0.2) is 24.6 Å². The Labute approximate surface area is 153 Å². The first-order valence-electron chi connectivity index (χ1n) is 8.70. The van der Waals surface area contributed by atoms with Gasteiger partial charge in [0.1, 0.15) is 5.75 Å². The Morgan fingerprint density at radius 2 is 1.69 bits per heavy atom. The largest absolute Gasteiger partial charge is 0.491 e. The lowest BCUT2D eigenvalue weighted by Gasteiger charge is -2.12. The second kappa shape index (κ2) is 9.46. The Hall–Kier alpha value is -3.02. The highest BCUT2D eigenvalue weighted by atomic mass is 16.5. The molecule has 0 aromatic heterocycles. The van der Waals surface area contributed by atoms with Crippen molar-refractivity contribution in [3.05, 3.63) is 54.1 Å². The number of amides is 3. The molecule has 138 valence electrons. The van der Waals surface area contributed by atoms with E-state index < -0.39 is 0 Å². The van der Waals surface area contributed by atoms with Crippen molar-refractivity contribution >= 4 is 23.3 Å². The second-order valence-corrected chi connectivity index (χ2v) is 6.13. The van der Waals surface area contributed by atoms with Crippen LogP contribution in [0.3, 0.4) is 0 Å². The molecule has 0 bridgehead atoms. The van der Waals surface area contributed by atoms with Gasteiger partial charge in [-0.2, -0.15) is 0 Å². The number of nitrogens with one attached hydrogen (secondary N) is 3. The molecule has 0 radical (unpaired) electrons. The molecule has 0 aliphatic rings. The summed E-state index contributed by atoms with van der Waals surface area (Å²) in [6, 6.07) is 13.8. The molecule has 0 fully saturated rings. The predicted octanol–water partition coefficient (Wildman–Crippen LogP) is 4.26. The number of carbonyl (C=O) groups excluding carboxylic acids is 2. The van der Waals surface area contributed by atoms with Gasteiger partial charge in [-0.05, 0) is 56.7 Å². The lowest BCUT2D eigenvalue weighted by Crippen LogP contribution is -2.34. The van der Waals surface area contributed by atoms with Crippen molar-refractivity contribution in [2.45, 2.75) is 33.2 Å². The van der Waals surface area contributed by atoms with Gasteiger partial charge in [-0.1, -0.05) is 19.1 Å². The van der Waals surface area contributed by atoms with Crippen LogP contribution in [0.15, 0.2) is 48.5 Å². The maximum atomic E-state index is 12.5. The van der Waals surface area contributed by atoms with E-state index in [2.05, 4.69) is 16.0 Å². The molecule has 26 heavy (non-hydrogen) atoms. The van der Waals surface area contributed by atoms with Gasteiger partial charge in [0.05, 0.1) is 12.3 Å². The maximum Gasteiger partial charge on any atom is 0.319 e. The summed E-state index contributed by atoms with van der Waals surface area (Å²) in [6.45, 7) is 6.38. The van der Waals surface area contributed by atoms with Gasteiger partial charge in [-0.25, -0.2) is 4.79 Å². The zero-order chi connectivity index (χ0) is 18.9. The van der Waals surface area contributed by atoms with Crippen LogP contribution in [-0.2, 0) is 0 Å². The number of carbonyl (C=O) groups is 2. The van der Waals surface area contributed by atoms with Gasteiger partial charge in [-0.15, -0.1) is 0 Å².